The Morgan fingerprint density at radius 3 is 2.62 bits per heavy atom. The molecule has 0 spiro atoms. The standard InChI is InChI=1S/C18H16N6O3S2/c1-11-9-12(2)24-16(21-11)15(10-20-24)17(25)22-13-3-5-14(6-4-13)29(26,27)23-18-19-7-8-28-18/h3-10H,1-2H3,(H,19,23)(H,22,25). The minimum Gasteiger partial charge on any atom is -0.322 e. The van der Waals surface area contributed by atoms with Gasteiger partial charge in [-0.05, 0) is 44.2 Å². The molecule has 0 bridgehead atoms. The summed E-state index contributed by atoms with van der Waals surface area (Å²) >= 11 is 1.19. The number of carbonyl (C=O) groups is 1. The highest BCUT2D eigenvalue weighted by molar-refractivity contribution is 7.93. The van der Waals surface area contributed by atoms with Crippen molar-refractivity contribution in [1.82, 2.24) is 19.6 Å². The van der Waals surface area contributed by atoms with Gasteiger partial charge in [-0.25, -0.2) is 22.9 Å². The molecule has 0 aliphatic carbocycles. The number of fused-ring (bicyclic) bond motifs is 1. The van der Waals surface area contributed by atoms with Crippen molar-refractivity contribution in [2.45, 2.75) is 18.7 Å². The van der Waals surface area contributed by atoms with E-state index < -0.39 is 10.0 Å². The third-order valence-corrected chi connectivity index (χ3v) is 6.27. The number of thiazole rings is 1. The smallest absolute Gasteiger partial charge is 0.263 e. The molecule has 1 aromatic carbocycles. The molecular weight excluding hydrogens is 412 g/mol. The number of hydrogen-bond acceptors (Lipinski definition) is 7. The molecule has 29 heavy (non-hydrogen) atoms. The number of anilines is 2. The number of aromatic nitrogens is 4. The first-order chi connectivity index (χ1) is 13.8. The van der Waals surface area contributed by atoms with E-state index in [1.54, 1.807) is 9.90 Å². The Bertz CT molecular complexity index is 1300. The van der Waals surface area contributed by atoms with E-state index >= 15 is 0 Å². The molecule has 148 valence electrons. The molecule has 4 rings (SSSR count). The predicted octanol–water partition coefficient (Wildman–Crippen LogP) is 2.86. The van der Waals surface area contributed by atoms with Gasteiger partial charge in [0, 0.05) is 28.7 Å². The van der Waals surface area contributed by atoms with Crippen LogP contribution in [0.5, 0.6) is 0 Å². The van der Waals surface area contributed by atoms with E-state index in [1.165, 1.54) is 48.0 Å². The van der Waals surface area contributed by atoms with Crippen molar-refractivity contribution in [2.75, 3.05) is 10.0 Å². The highest BCUT2D eigenvalue weighted by Crippen LogP contribution is 2.20. The van der Waals surface area contributed by atoms with Gasteiger partial charge < -0.3 is 5.32 Å². The Kier molecular flexibility index (Phi) is 4.76. The quantitative estimate of drug-likeness (QED) is 0.505. The number of rotatable bonds is 5. The zero-order chi connectivity index (χ0) is 20.6. The van der Waals surface area contributed by atoms with Crippen molar-refractivity contribution in [1.29, 1.82) is 0 Å². The van der Waals surface area contributed by atoms with E-state index in [1.807, 2.05) is 19.9 Å². The maximum atomic E-state index is 12.7. The second-order valence-corrected chi connectivity index (χ2v) is 8.83. The van der Waals surface area contributed by atoms with Gasteiger partial charge in [-0.15, -0.1) is 11.3 Å². The minimum atomic E-state index is -3.75. The van der Waals surface area contributed by atoms with E-state index in [4.69, 9.17) is 0 Å². The van der Waals surface area contributed by atoms with Gasteiger partial charge in [-0.3, -0.25) is 9.52 Å². The lowest BCUT2D eigenvalue weighted by Gasteiger charge is -2.08. The number of aryl methyl sites for hydroxylation is 2. The summed E-state index contributed by atoms with van der Waals surface area (Å²) in [6.07, 6.45) is 2.97. The van der Waals surface area contributed by atoms with Crippen molar-refractivity contribution < 1.29 is 13.2 Å². The van der Waals surface area contributed by atoms with Crippen LogP contribution in [0, 0.1) is 13.8 Å². The van der Waals surface area contributed by atoms with E-state index in [0.29, 0.717) is 16.9 Å². The van der Waals surface area contributed by atoms with Gasteiger partial charge in [0.1, 0.15) is 5.56 Å². The van der Waals surface area contributed by atoms with Gasteiger partial charge in [0.15, 0.2) is 10.8 Å². The number of nitrogens with zero attached hydrogens (tertiary/aromatic N) is 4. The molecule has 0 unspecified atom stereocenters. The zero-order valence-corrected chi connectivity index (χ0v) is 17.1. The molecule has 2 N–H and O–H groups in total. The van der Waals surface area contributed by atoms with Gasteiger partial charge in [-0.1, -0.05) is 0 Å². The Hall–Kier alpha value is -3.31. The highest BCUT2D eigenvalue weighted by Gasteiger charge is 2.18. The Labute approximate surface area is 170 Å². The van der Waals surface area contributed by atoms with Gasteiger partial charge in [0.25, 0.3) is 15.9 Å². The predicted molar refractivity (Wildman–Crippen MR) is 110 cm³/mol. The van der Waals surface area contributed by atoms with Crippen LogP contribution in [-0.2, 0) is 10.0 Å². The molecule has 4 aromatic rings. The molecule has 3 aromatic heterocycles. The first kappa shape index (κ1) is 19.0. The monoisotopic (exact) mass is 428 g/mol. The molecule has 0 atom stereocenters. The lowest BCUT2D eigenvalue weighted by molar-refractivity contribution is 0.102. The third kappa shape index (κ3) is 3.82. The Morgan fingerprint density at radius 1 is 1.17 bits per heavy atom. The second-order valence-electron chi connectivity index (χ2n) is 6.25. The van der Waals surface area contributed by atoms with Crippen molar-refractivity contribution in [3.05, 3.63) is 65.1 Å². The molecule has 1 amide bonds. The molecule has 0 radical (unpaired) electrons. The fourth-order valence-corrected chi connectivity index (χ4v) is 4.58. The van der Waals surface area contributed by atoms with E-state index in [9.17, 15) is 13.2 Å². The molecule has 9 nitrogen and oxygen atoms in total. The first-order valence-electron chi connectivity index (χ1n) is 8.49. The lowest BCUT2D eigenvalue weighted by atomic mass is 10.2. The van der Waals surface area contributed by atoms with Gasteiger partial charge in [-0.2, -0.15) is 5.10 Å². The zero-order valence-electron chi connectivity index (χ0n) is 15.4. The number of nitrogens with one attached hydrogen (secondary N) is 2. The summed E-state index contributed by atoms with van der Waals surface area (Å²) in [4.78, 5) is 21.0. The largest absolute Gasteiger partial charge is 0.322 e. The summed E-state index contributed by atoms with van der Waals surface area (Å²) in [5.74, 6) is -0.381. The fraction of sp³-hybridized carbons (Fsp3) is 0.111. The molecule has 0 aliphatic heterocycles. The van der Waals surface area contributed by atoms with Crippen LogP contribution in [0.25, 0.3) is 5.65 Å². The highest BCUT2D eigenvalue weighted by atomic mass is 32.2. The SMILES string of the molecule is Cc1cc(C)n2ncc(C(=O)Nc3ccc(S(=O)(=O)Nc4nccs4)cc3)c2n1. The normalized spacial score (nSPS) is 11.5. The van der Waals surface area contributed by atoms with Crippen molar-refractivity contribution in [2.24, 2.45) is 0 Å². The van der Waals surface area contributed by atoms with Crippen molar-refractivity contribution >= 4 is 43.7 Å². The lowest BCUT2D eigenvalue weighted by Crippen LogP contribution is -2.14. The first-order valence-corrected chi connectivity index (χ1v) is 10.9. The summed E-state index contributed by atoms with van der Waals surface area (Å²) in [5, 5.41) is 8.91. The summed E-state index contributed by atoms with van der Waals surface area (Å²) in [6.45, 7) is 3.73. The summed E-state index contributed by atoms with van der Waals surface area (Å²) < 4.78 is 28.8. The number of carbonyl (C=O) groups excluding carboxylic acids is 1. The summed E-state index contributed by atoms with van der Waals surface area (Å²) in [6, 6.07) is 7.73. The molecule has 3 heterocycles. The van der Waals surface area contributed by atoms with Crippen molar-refractivity contribution in [3.63, 3.8) is 0 Å². The van der Waals surface area contributed by atoms with E-state index in [2.05, 4.69) is 25.1 Å². The average Bonchev–Trinajstić information content (AvgIpc) is 3.31. The van der Waals surface area contributed by atoms with Crippen LogP contribution in [0.15, 0.2) is 53.0 Å². The van der Waals surface area contributed by atoms with Crippen LogP contribution >= 0.6 is 11.3 Å². The molecular formula is C18H16N6O3S2. The molecule has 0 saturated heterocycles. The van der Waals surface area contributed by atoms with Crippen molar-refractivity contribution in [3.8, 4) is 0 Å². The van der Waals surface area contributed by atoms with Crippen LogP contribution in [0.3, 0.4) is 0 Å². The van der Waals surface area contributed by atoms with Gasteiger partial charge in [0.05, 0.1) is 11.1 Å². The van der Waals surface area contributed by atoms with Gasteiger partial charge in [0.2, 0.25) is 0 Å². The number of amides is 1. The molecule has 11 heteroatoms. The fourth-order valence-electron chi connectivity index (χ4n) is 2.79. The molecule has 0 aliphatic rings. The second kappa shape index (κ2) is 7.26. The van der Waals surface area contributed by atoms with E-state index in [0.717, 1.165) is 11.4 Å². The van der Waals surface area contributed by atoms with Crippen LogP contribution in [0.4, 0.5) is 10.8 Å². The van der Waals surface area contributed by atoms with E-state index in [-0.39, 0.29) is 15.9 Å². The molecule has 0 fully saturated rings. The Balaban J connectivity index is 1.54. The topological polar surface area (TPSA) is 118 Å². The molecule has 0 saturated carbocycles. The van der Waals surface area contributed by atoms with Crippen LogP contribution in [0.1, 0.15) is 21.7 Å². The van der Waals surface area contributed by atoms with Gasteiger partial charge >= 0.3 is 0 Å². The maximum absolute atomic E-state index is 12.7. The number of sulfonamides is 1. The maximum Gasteiger partial charge on any atom is 0.263 e. The Morgan fingerprint density at radius 2 is 1.93 bits per heavy atom. The third-order valence-electron chi connectivity index (χ3n) is 4.10. The summed E-state index contributed by atoms with van der Waals surface area (Å²) in [5.41, 5.74) is 2.90. The van der Waals surface area contributed by atoms with Crippen LogP contribution in [-0.4, -0.2) is 33.9 Å². The minimum absolute atomic E-state index is 0.0644. The van der Waals surface area contributed by atoms with Crippen LogP contribution in [0.2, 0.25) is 0 Å². The number of benzene rings is 1. The van der Waals surface area contributed by atoms with Crippen LogP contribution < -0.4 is 10.0 Å². The number of hydrogen-bond donors (Lipinski definition) is 2. The summed E-state index contributed by atoms with van der Waals surface area (Å²) in [7, 11) is -3.75. The average molecular weight is 428 g/mol.